The Hall–Kier alpha value is -0.610. The Morgan fingerprint density at radius 3 is 2.88 bits per heavy atom. The Morgan fingerprint density at radius 1 is 1.62 bits per heavy atom. The summed E-state index contributed by atoms with van der Waals surface area (Å²) in [5, 5.41) is 3.36. The van der Waals surface area contributed by atoms with E-state index in [1.807, 2.05) is 0 Å². The molecule has 0 saturated heterocycles. The molecule has 0 amide bonds. The van der Waals surface area contributed by atoms with Gasteiger partial charge in [0.15, 0.2) is 0 Å². The lowest BCUT2D eigenvalue weighted by molar-refractivity contribution is 0.547. The van der Waals surface area contributed by atoms with E-state index in [1.54, 1.807) is 0 Å². The van der Waals surface area contributed by atoms with Crippen LogP contribution in [0.4, 0.5) is 0 Å². The molecule has 0 bridgehead atoms. The first-order valence-corrected chi connectivity index (χ1v) is 2.55. The number of nitrogens with one attached hydrogen (secondary N) is 2. The summed E-state index contributed by atoms with van der Waals surface area (Å²) in [6.45, 7) is 4.73. The smallest absolute Gasteiger partial charge is 0.0175 e. The Labute approximate surface area is 49.1 Å². The van der Waals surface area contributed by atoms with Gasteiger partial charge in [0.25, 0.3) is 0 Å². The number of hydrazine groups is 1. The van der Waals surface area contributed by atoms with Gasteiger partial charge in [0.1, 0.15) is 0 Å². The number of nitrogens with two attached hydrogens (primary N) is 1. The van der Waals surface area contributed by atoms with Crippen LogP contribution in [0.2, 0.25) is 0 Å². The van der Waals surface area contributed by atoms with Gasteiger partial charge in [-0.2, -0.15) is 5.10 Å². The van der Waals surface area contributed by atoms with Crippen molar-refractivity contribution in [3.8, 4) is 0 Å². The summed E-state index contributed by atoms with van der Waals surface area (Å²) in [6.07, 6.45) is 0.947. The molecule has 0 aliphatic carbocycles. The summed E-state index contributed by atoms with van der Waals surface area (Å²) in [4.78, 5) is 0. The molecule has 0 spiro atoms. The van der Waals surface area contributed by atoms with Gasteiger partial charge in [-0.05, 0) is 13.0 Å². The highest BCUT2D eigenvalue weighted by atomic mass is 15.5. The lowest BCUT2D eigenvalue weighted by Crippen LogP contribution is -2.28. The normalized spacial score (nSPS) is 8.62. The molecule has 0 aromatic rings. The first-order valence-electron chi connectivity index (χ1n) is 2.55. The van der Waals surface area contributed by atoms with Crippen LogP contribution in [0.15, 0.2) is 5.10 Å². The molecule has 0 aromatic carbocycles. The van der Waals surface area contributed by atoms with Crippen LogP contribution in [0.5, 0.6) is 0 Å². The maximum absolute atomic E-state index is 5.20. The second-order valence-corrected chi connectivity index (χ2v) is 1.34. The average Bonchev–Trinajstić information content (AvgIpc) is 1.81. The summed E-state index contributed by atoms with van der Waals surface area (Å²) in [7, 11) is 0. The van der Waals surface area contributed by atoms with Gasteiger partial charge in [0.2, 0.25) is 0 Å². The highest BCUT2D eigenvalue weighted by Gasteiger charge is 1.77. The monoisotopic (exact) mass is 116 g/mol. The van der Waals surface area contributed by atoms with Gasteiger partial charge in [0, 0.05) is 13.3 Å². The molecule has 0 heterocycles. The van der Waals surface area contributed by atoms with E-state index in [1.165, 1.54) is 0 Å². The molecule has 4 heteroatoms. The van der Waals surface area contributed by atoms with Gasteiger partial charge in [-0.1, -0.05) is 0 Å². The molecular formula is C4H12N4. The predicted octanol–water partition coefficient (Wildman–Crippen LogP) is -0.955. The lowest BCUT2D eigenvalue weighted by atomic mass is 10.4. The van der Waals surface area contributed by atoms with Crippen molar-refractivity contribution in [2.75, 3.05) is 13.1 Å². The molecule has 0 aliphatic heterocycles. The third-order valence-corrected chi connectivity index (χ3v) is 0.664. The highest BCUT2D eigenvalue weighted by Crippen LogP contribution is 1.64. The van der Waals surface area contributed by atoms with Crippen LogP contribution in [0.1, 0.15) is 6.42 Å². The topological polar surface area (TPSA) is 62.4 Å². The minimum Gasteiger partial charge on any atom is -0.330 e. The molecule has 4 N–H and O–H groups in total. The zero-order chi connectivity index (χ0) is 6.24. The zero-order valence-electron chi connectivity index (χ0n) is 4.85. The molecule has 0 aromatic heterocycles. The van der Waals surface area contributed by atoms with Crippen LogP contribution in [0.25, 0.3) is 0 Å². The van der Waals surface area contributed by atoms with Gasteiger partial charge in [-0.3, -0.25) is 0 Å². The first kappa shape index (κ1) is 7.39. The molecule has 8 heavy (non-hydrogen) atoms. The van der Waals surface area contributed by atoms with Crippen molar-refractivity contribution in [2.24, 2.45) is 10.8 Å². The Balaban J connectivity index is 2.62. The number of rotatable bonds is 5. The number of hydrogen-bond donors (Lipinski definition) is 3. The van der Waals surface area contributed by atoms with Crippen molar-refractivity contribution in [1.82, 2.24) is 11.0 Å². The number of hydrogen-bond acceptors (Lipinski definition) is 4. The molecule has 0 radical (unpaired) electrons. The van der Waals surface area contributed by atoms with Crippen LogP contribution >= 0.6 is 0 Å². The SMILES string of the molecule is C=NNNCCCN. The van der Waals surface area contributed by atoms with Gasteiger partial charge < -0.3 is 5.73 Å². The van der Waals surface area contributed by atoms with Gasteiger partial charge in [-0.15, -0.1) is 0 Å². The van der Waals surface area contributed by atoms with Crippen molar-refractivity contribution < 1.29 is 0 Å². The fraction of sp³-hybridized carbons (Fsp3) is 0.750. The van der Waals surface area contributed by atoms with Gasteiger partial charge in [0.05, 0.1) is 0 Å². The Morgan fingerprint density at radius 2 is 2.38 bits per heavy atom. The summed E-state index contributed by atoms with van der Waals surface area (Å²) in [5.41, 5.74) is 10.5. The van der Waals surface area contributed by atoms with E-state index in [-0.39, 0.29) is 0 Å². The van der Waals surface area contributed by atoms with Crippen LogP contribution in [0, 0.1) is 0 Å². The van der Waals surface area contributed by atoms with Crippen LogP contribution in [0.3, 0.4) is 0 Å². The molecule has 0 aliphatic rings. The third-order valence-electron chi connectivity index (χ3n) is 0.664. The second kappa shape index (κ2) is 6.39. The largest absolute Gasteiger partial charge is 0.330 e. The van der Waals surface area contributed by atoms with Crippen molar-refractivity contribution in [3.05, 3.63) is 0 Å². The maximum atomic E-state index is 5.20. The average molecular weight is 116 g/mol. The summed E-state index contributed by atoms with van der Waals surface area (Å²) < 4.78 is 0. The van der Waals surface area contributed by atoms with Crippen molar-refractivity contribution in [2.45, 2.75) is 6.42 Å². The van der Waals surface area contributed by atoms with Gasteiger partial charge >= 0.3 is 0 Å². The third kappa shape index (κ3) is 5.39. The van der Waals surface area contributed by atoms with Crippen molar-refractivity contribution in [3.63, 3.8) is 0 Å². The molecule has 48 valence electrons. The molecule has 0 fully saturated rings. The molecule has 0 unspecified atom stereocenters. The zero-order valence-corrected chi connectivity index (χ0v) is 4.85. The van der Waals surface area contributed by atoms with E-state index >= 15 is 0 Å². The molecule has 0 rings (SSSR count). The Kier molecular flexibility index (Phi) is 5.90. The molecule has 0 saturated carbocycles. The summed E-state index contributed by atoms with van der Waals surface area (Å²) in [5.74, 6) is 0. The van der Waals surface area contributed by atoms with Gasteiger partial charge in [-0.25, -0.2) is 11.0 Å². The highest BCUT2D eigenvalue weighted by molar-refractivity contribution is 5.21. The van der Waals surface area contributed by atoms with E-state index in [2.05, 4.69) is 22.8 Å². The maximum Gasteiger partial charge on any atom is 0.0175 e. The first-order chi connectivity index (χ1) is 3.91. The fourth-order valence-electron chi connectivity index (χ4n) is 0.302. The minimum atomic E-state index is 0.700. The quantitative estimate of drug-likeness (QED) is 0.246. The molecular weight excluding hydrogens is 104 g/mol. The van der Waals surface area contributed by atoms with E-state index < -0.39 is 0 Å². The number of nitrogens with zero attached hydrogens (tertiary/aromatic N) is 1. The van der Waals surface area contributed by atoms with E-state index in [4.69, 9.17) is 5.73 Å². The van der Waals surface area contributed by atoms with Crippen molar-refractivity contribution >= 4 is 6.72 Å². The van der Waals surface area contributed by atoms with Crippen LogP contribution < -0.4 is 16.7 Å². The molecule has 0 atom stereocenters. The van der Waals surface area contributed by atoms with Crippen molar-refractivity contribution in [1.29, 1.82) is 0 Å². The number of hydrazone groups is 1. The van der Waals surface area contributed by atoms with E-state index in [0.29, 0.717) is 6.54 Å². The van der Waals surface area contributed by atoms with E-state index in [0.717, 1.165) is 13.0 Å². The second-order valence-electron chi connectivity index (χ2n) is 1.34. The lowest BCUT2D eigenvalue weighted by Gasteiger charge is -1.98. The fourth-order valence-corrected chi connectivity index (χ4v) is 0.302. The minimum absolute atomic E-state index is 0.700. The molecule has 4 nitrogen and oxygen atoms in total. The summed E-state index contributed by atoms with van der Waals surface area (Å²) >= 11 is 0. The van der Waals surface area contributed by atoms with Crippen LogP contribution in [-0.4, -0.2) is 19.8 Å². The Bertz CT molecular complexity index is 54.0. The van der Waals surface area contributed by atoms with Crippen LogP contribution in [-0.2, 0) is 0 Å². The van der Waals surface area contributed by atoms with E-state index in [9.17, 15) is 0 Å². The predicted molar refractivity (Wildman–Crippen MR) is 34.4 cm³/mol. The summed E-state index contributed by atoms with van der Waals surface area (Å²) in [6, 6.07) is 0. The standard InChI is InChI=1S/C4H12N4/c1-6-8-7-4-2-3-5/h7-8H,1-5H2.